The molecule has 9 heteroatoms. The monoisotopic (exact) mass is 302 g/mol. The van der Waals surface area contributed by atoms with Crippen molar-refractivity contribution in [2.45, 2.75) is 6.04 Å². The van der Waals surface area contributed by atoms with Crippen LogP contribution >= 0.6 is 11.6 Å². The highest BCUT2D eigenvalue weighted by Gasteiger charge is 2.32. The number of nitro groups is 1. The number of nitrogens with zero attached hydrogens (tertiary/aromatic N) is 2. The summed E-state index contributed by atoms with van der Waals surface area (Å²) in [6.07, 6.45) is 0. The summed E-state index contributed by atoms with van der Waals surface area (Å²) in [5.74, 6) is -1.42. The second-order valence-electron chi connectivity index (χ2n) is 4.33. The van der Waals surface area contributed by atoms with Gasteiger partial charge in [0.05, 0.1) is 9.95 Å². The molecule has 20 heavy (non-hydrogen) atoms. The van der Waals surface area contributed by atoms with Gasteiger partial charge in [0, 0.05) is 31.8 Å². The Morgan fingerprint density at radius 2 is 2.30 bits per heavy atom. The van der Waals surface area contributed by atoms with Crippen LogP contribution in [0.5, 0.6) is 0 Å². The number of carbonyl (C=O) groups excluding carboxylic acids is 1. The lowest BCUT2D eigenvalue weighted by Crippen LogP contribution is -2.57. The number of carbonyl (C=O) groups is 1. The maximum absolute atomic E-state index is 13.6. The smallest absolute Gasteiger partial charge is 0.294 e. The number of halogens is 2. The average molecular weight is 303 g/mol. The molecule has 0 saturated carbocycles. The molecule has 108 valence electrons. The fourth-order valence-corrected chi connectivity index (χ4v) is 2.31. The van der Waals surface area contributed by atoms with Gasteiger partial charge >= 0.3 is 0 Å². The summed E-state index contributed by atoms with van der Waals surface area (Å²) in [4.78, 5) is 23.3. The Hall–Kier alpha value is -1.93. The SMILES string of the molecule is NC(=O)C1CNCCN1c1cc(F)c(Cl)cc1[N+](=O)[O-]. The zero-order valence-electron chi connectivity index (χ0n) is 10.3. The van der Waals surface area contributed by atoms with Gasteiger partial charge in [-0.15, -0.1) is 0 Å². The zero-order valence-corrected chi connectivity index (χ0v) is 11.1. The van der Waals surface area contributed by atoms with Crippen molar-refractivity contribution in [1.82, 2.24) is 5.32 Å². The van der Waals surface area contributed by atoms with E-state index in [9.17, 15) is 19.3 Å². The molecule has 1 heterocycles. The number of anilines is 1. The molecule has 1 fully saturated rings. The van der Waals surface area contributed by atoms with Crippen molar-refractivity contribution in [1.29, 1.82) is 0 Å². The Kier molecular flexibility index (Phi) is 4.05. The molecule has 0 spiro atoms. The first-order valence-electron chi connectivity index (χ1n) is 5.82. The fourth-order valence-electron chi connectivity index (χ4n) is 2.15. The number of nitro benzene ring substituents is 1. The predicted molar refractivity (Wildman–Crippen MR) is 71.3 cm³/mol. The zero-order chi connectivity index (χ0) is 14.9. The van der Waals surface area contributed by atoms with Crippen molar-refractivity contribution in [3.05, 3.63) is 33.1 Å². The fraction of sp³-hybridized carbons (Fsp3) is 0.364. The van der Waals surface area contributed by atoms with E-state index in [1.54, 1.807) is 0 Å². The molecule has 0 radical (unpaired) electrons. The van der Waals surface area contributed by atoms with E-state index in [-0.39, 0.29) is 22.9 Å². The molecule has 0 aromatic heterocycles. The van der Waals surface area contributed by atoms with Gasteiger partial charge in [0.25, 0.3) is 5.69 Å². The minimum Gasteiger partial charge on any atom is -0.368 e. The second kappa shape index (κ2) is 5.59. The van der Waals surface area contributed by atoms with Crippen LogP contribution in [-0.2, 0) is 4.79 Å². The highest BCUT2D eigenvalue weighted by Crippen LogP contribution is 2.34. The molecule has 1 aromatic rings. The van der Waals surface area contributed by atoms with Crippen LogP contribution in [0.15, 0.2) is 12.1 Å². The van der Waals surface area contributed by atoms with Crippen LogP contribution in [0.4, 0.5) is 15.8 Å². The third kappa shape index (κ3) is 2.66. The van der Waals surface area contributed by atoms with E-state index in [4.69, 9.17) is 17.3 Å². The molecule has 1 amide bonds. The Bertz CT molecular complexity index is 569. The molecule has 1 aliphatic rings. The van der Waals surface area contributed by atoms with Gasteiger partial charge in [0.15, 0.2) is 0 Å². The highest BCUT2D eigenvalue weighted by molar-refractivity contribution is 6.31. The number of hydrogen-bond donors (Lipinski definition) is 2. The number of benzene rings is 1. The number of nitrogens with two attached hydrogens (primary N) is 1. The lowest BCUT2D eigenvalue weighted by Gasteiger charge is -2.35. The third-order valence-electron chi connectivity index (χ3n) is 3.10. The van der Waals surface area contributed by atoms with Crippen LogP contribution in [0, 0.1) is 15.9 Å². The number of rotatable bonds is 3. The summed E-state index contributed by atoms with van der Waals surface area (Å²) in [6, 6.07) is 1.12. The molecule has 0 bridgehead atoms. The van der Waals surface area contributed by atoms with Gasteiger partial charge < -0.3 is 16.0 Å². The van der Waals surface area contributed by atoms with Crippen LogP contribution in [0.3, 0.4) is 0 Å². The minimum absolute atomic E-state index is 0.00204. The Morgan fingerprint density at radius 1 is 1.60 bits per heavy atom. The molecular formula is C11H12ClFN4O3. The normalized spacial score (nSPS) is 18.9. The Morgan fingerprint density at radius 3 is 2.90 bits per heavy atom. The lowest BCUT2D eigenvalue weighted by molar-refractivity contribution is -0.384. The molecule has 1 aromatic carbocycles. The van der Waals surface area contributed by atoms with Gasteiger partial charge in [-0.1, -0.05) is 11.6 Å². The molecule has 3 N–H and O–H groups in total. The van der Waals surface area contributed by atoms with E-state index in [0.29, 0.717) is 13.1 Å². The van der Waals surface area contributed by atoms with Crippen LogP contribution in [0.25, 0.3) is 0 Å². The van der Waals surface area contributed by atoms with E-state index in [1.807, 2.05) is 0 Å². The summed E-state index contributed by atoms with van der Waals surface area (Å²) < 4.78 is 13.6. The van der Waals surface area contributed by atoms with Crippen LogP contribution < -0.4 is 16.0 Å². The number of amides is 1. The topological polar surface area (TPSA) is 102 Å². The first kappa shape index (κ1) is 14.5. The van der Waals surface area contributed by atoms with E-state index >= 15 is 0 Å². The molecule has 0 aliphatic carbocycles. The highest BCUT2D eigenvalue weighted by atomic mass is 35.5. The minimum atomic E-state index is -0.783. The molecular weight excluding hydrogens is 291 g/mol. The maximum atomic E-state index is 13.6. The molecule has 1 atom stereocenters. The molecule has 1 aliphatic heterocycles. The summed E-state index contributed by atoms with van der Waals surface area (Å²) in [5.41, 5.74) is 4.92. The van der Waals surface area contributed by atoms with Gasteiger partial charge in [-0.25, -0.2) is 4.39 Å². The van der Waals surface area contributed by atoms with Crippen molar-refractivity contribution < 1.29 is 14.1 Å². The predicted octanol–water partition coefficient (Wildman–Crippen LogP) is 0.651. The molecule has 1 saturated heterocycles. The standard InChI is InChI=1S/C11H12ClFN4O3/c12-6-3-9(17(19)20)8(4-7(6)13)16-2-1-15-5-10(16)11(14)18/h3-4,10,15H,1-2,5H2,(H2,14,18). The van der Waals surface area contributed by atoms with Crippen molar-refractivity contribution in [2.24, 2.45) is 5.73 Å². The summed E-state index contributed by atoms with van der Waals surface area (Å²) in [5, 5.41) is 13.7. The van der Waals surface area contributed by atoms with Crippen molar-refractivity contribution in [3.63, 3.8) is 0 Å². The van der Waals surface area contributed by atoms with Crippen molar-refractivity contribution >= 4 is 28.9 Å². The number of primary amides is 1. The van der Waals surface area contributed by atoms with Crippen molar-refractivity contribution in [3.8, 4) is 0 Å². The van der Waals surface area contributed by atoms with E-state index in [2.05, 4.69) is 5.32 Å². The summed E-state index contributed by atoms with van der Waals surface area (Å²) in [7, 11) is 0. The van der Waals surface area contributed by atoms with Gasteiger partial charge in [-0.05, 0) is 0 Å². The van der Waals surface area contributed by atoms with E-state index < -0.39 is 22.7 Å². The van der Waals surface area contributed by atoms with E-state index in [0.717, 1.165) is 12.1 Å². The lowest BCUT2D eigenvalue weighted by atomic mass is 10.1. The Balaban J connectivity index is 2.51. The molecule has 1 unspecified atom stereocenters. The van der Waals surface area contributed by atoms with Crippen molar-refractivity contribution in [2.75, 3.05) is 24.5 Å². The van der Waals surface area contributed by atoms with Crippen LogP contribution in [0.2, 0.25) is 5.02 Å². The number of piperazine rings is 1. The first-order valence-corrected chi connectivity index (χ1v) is 6.19. The quantitative estimate of drug-likeness (QED) is 0.630. The Labute approximate surface area is 118 Å². The summed E-state index contributed by atoms with van der Waals surface area (Å²) in [6.45, 7) is 1.05. The molecule has 2 rings (SSSR count). The largest absolute Gasteiger partial charge is 0.368 e. The number of nitrogens with one attached hydrogen (secondary N) is 1. The third-order valence-corrected chi connectivity index (χ3v) is 3.39. The van der Waals surface area contributed by atoms with Gasteiger partial charge in [-0.3, -0.25) is 14.9 Å². The molecule has 7 nitrogen and oxygen atoms in total. The van der Waals surface area contributed by atoms with E-state index in [1.165, 1.54) is 4.90 Å². The van der Waals surface area contributed by atoms with Gasteiger partial charge in [0.2, 0.25) is 5.91 Å². The maximum Gasteiger partial charge on any atom is 0.294 e. The van der Waals surface area contributed by atoms with Gasteiger partial charge in [0.1, 0.15) is 17.5 Å². The number of hydrogen-bond acceptors (Lipinski definition) is 5. The summed E-state index contributed by atoms with van der Waals surface area (Å²) >= 11 is 5.57. The second-order valence-corrected chi connectivity index (χ2v) is 4.74. The van der Waals surface area contributed by atoms with Crippen LogP contribution in [0.1, 0.15) is 0 Å². The first-order chi connectivity index (χ1) is 9.41. The van der Waals surface area contributed by atoms with Crippen LogP contribution in [-0.4, -0.2) is 36.5 Å². The average Bonchev–Trinajstić information content (AvgIpc) is 2.41. The van der Waals surface area contributed by atoms with Gasteiger partial charge in [-0.2, -0.15) is 0 Å².